The summed E-state index contributed by atoms with van der Waals surface area (Å²) in [6, 6.07) is 3.79. The monoisotopic (exact) mass is 300 g/mol. The maximum Gasteiger partial charge on any atom is 0.318 e. The van der Waals surface area contributed by atoms with Crippen molar-refractivity contribution in [3.8, 4) is 5.75 Å². The molecule has 0 aliphatic rings. The molecule has 0 aliphatic heterocycles. The number of primary amides is 1. The van der Waals surface area contributed by atoms with E-state index in [1.807, 2.05) is 5.32 Å². The molecule has 0 aliphatic carbocycles. The number of halogens is 1. The lowest BCUT2D eigenvalue weighted by Crippen LogP contribution is -2.38. The van der Waals surface area contributed by atoms with Gasteiger partial charge in [0.25, 0.3) is 5.91 Å². The minimum absolute atomic E-state index is 0.253. The van der Waals surface area contributed by atoms with E-state index in [1.165, 1.54) is 6.07 Å². The van der Waals surface area contributed by atoms with Crippen molar-refractivity contribution >= 4 is 34.2 Å². The van der Waals surface area contributed by atoms with Crippen LogP contribution in [0.4, 0.5) is 4.79 Å². The molecule has 7 heteroatoms. The summed E-state index contributed by atoms with van der Waals surface area (Å²) in [7, 11) is 0. The molecule has 0 aromatic heterocycles. The summed E-state index contributed by atoms with van der Waals surface area (Å²) in [5.74, 6) is -0.430. The molecule has 0 unspecified atom stereocenters. The van der Waals surface area contributed by atoms with Crippen LogP contribution in [0.25, 0.3) is 0 Å². The van der Waals surface area contributed by atoms with Crippen molar-refractivity contribution in [2.24, 2.45) is 5.73 Å². The standard InChI is InChI=1S/C10H9BrN2O4/c11-7-1-2-8(6(3-7)4-14)17-5-9(15)13-10(12)16/h1-4H,5H2,(H3,12,13,15,16). The number of carbonyl (C=O) groups is 3. The fourth-order valence-electron chi connectivity index (χ4n) is 1.06. The third-order valence-corrected chi connectivity index (χ3v) is 2.21. The molecule has 1 aromatic rings. The van der Waals surface area contributed by atoms with Gasteiger partial charge in [-0.25, -0.2) is 4.79 Å². The van der Waals surface area contributed by atoms with Gasteiger partial charge in [0.15, 0.2) is 12.9 Å². The Morgan fingerprint density at radius 1 is 1.47 bits per heavy atom. The number of hydrogen-bond acceptors (Lipinski definition) is 4. The highest BCUT2D eigenvalue weighted by molar-refractivity contribution is 9.10. The van der Waals surface area contributed by atoms with E-state index in [0.717, 1.165) is 0 Å². The van der Waals surface area contributed by atoms with E-state index in [1.54, 1.807) is 12.1 Å². The Labute approximate surface area is 105 Å². The molecule has 17 heavy (non-hydrogen) atoms. The number of nitrogens with two attached hydrogens (primary N) is 1. The van der Waals surface area contributed by atoms with E-state index in [-0.39, 0.29) is 5.75 Å². The quantitative estimate of drug-likeness (QED) is 0.805. The fraction of sp³-hybridized carbons (Fsp3) is 0.100. The number of nitrogens with one attached hydrogen (secondary N) is 1. The Kier molecular flexibility index (Phi) is 4.65. The Balaban J connectivity index is 2.66. The van der Waals surface area contributed by atoms with Gasteiger partial charge in [0.2, 0.25) is 0 Å². The molecule has 3 amide bonds. The summed E-state index contributed by atoms with van der Waals surface area (Å²) in [6.45, 7) is -0.397. The first-order valence-electron chi connectivity index (χ1n) is 4.49. The van der Waals surface area contributed by atoms with Crippen molar-refractivity contribution in [1.82, 2.24) is 5.32 Å². The summed E-state index contributed by atoms with van der Waals surface area (Å²) >= 11 is 3.19. The molecule has 0 radical (unpaired) electrons. The first kappa shape index (κ1) is 13.2. The lowest BCUT2D eigenvalue weighted by Gasteiger charge is -2.07. The van der Waals surface area contributed by atoms with Crippen molar-refractivity contribution in [2.45, 2.75) is 0 Å². The number of aldehydes is 1. The van der Waals surface area contributed by atoms with Crippen molar-refractivity contribution in [1.29, 1.82) is 0 Å². The third kappa shape index (κ3) is 4.23. The van der Waals surface area contributed by atoms with Crippen molar-refractivity contribution in [2.75, 3.05) is 6.61 Å². The highest BCUT2D eigenvalue weighted by Crippen LogP contribution is 2.21. The van der Waals surface area contributed by atoms with Gasteiger partial charge >= 0.3 is 6.03 Å². The van der Waals surface area contributed by atoms with Gasteiger partial charge in [-0.3, -0.25) is 14.9 Å². The van der Waals surface area contributed by atoms with Crippen LogP contribution in [0.2, 0.25) is 0 Å². The zero-order valence-electron chi connectivity index (χ0n) is 8.60. The average molecular weight is 301 g/mol. The molecule has 0 fully saturated rings. The predicted molar refractivity (Wildman–Crippen MR) is 62.8 cm³/mol. The molecule has 0 spiro atoms. The van der Waals surface area contributed by atoms with Gasteiger partial charge in [0.1, 0.15) is 5.75 Å². The predicted octanol–water partition coefficient (Wildman–Crippen LogP) is 0.835. The molecular weight excluding hydrogens is 292 g/mol. The van der Waals surface area contributed by atoms with E-state index >= 15 is 0 Å². The minimum Gasteiger partial charge on any atom is -0.483 e. The second kappa shape index (κ2) is 6.00. The van der Waals surface area contributed by atoms with Crippen LogP contribution >= 0.6 is 15.9 Å². The molecule has 6 nitrogen and oxygen atoms in total. The summed E-state index contributed by atoms with van der Waals surface area (Å²) in [4.78, 5) is 32.1. The molecule has 0 heterocycles. The smallest absolute Gasteiger partial charge is 0.318 e. The summed E-state index contributed by atoms with van der Waals surface area (Å²) in [5, 5.41) is 1.84. The SMILES string of the molecule is NC(=O)NC(=O)COc1ccc(Br)cc1C=O. The zero-order valence-corrected chi connectivity index (χ0v) is 10.2. The number of rotatable bonds is 4. The van der Waals surface area contributed by atoms with Crippen molar-refractivity contribution in [3.63, 3.8) is 0 Å². The Hall–Kier alpha value is -1.89. The maximum absolute atomic E-state index is 11.1. The molecular formula is C10H9BrN2O4. The first-order valence-corrected chi connectivity index (χ1v) is 5.29. The van der Waals surface area contributed by atoms with Crippen molar-refractivity contribution < 1.29 is 19.1 Å². The van der Waals surface area contributed by atoms with Crippen LogP contribution in [0.5, 0.6) is 5.75 Å². The number of imide groups is 1. The number of urea groups is 1. The van der Waals surface area contributed by atoms with Gasteiger partial charge < -0.3 is 10.5 Å². The van der Waals surface area contributed by atoms with E-state index < -0.39 is 18.5 Å². The fourth-order valence-corrected chi connectivity index (χ4v) is 1.44. The van der Waals surface area contributed by atoms with Crippen LogP contribution in [0.1, 0.15) is 10.4 Å². The normalized spacial score (nSPS) is 9.47. The van der Waals surface area contributed by atoms with Crippen LogP contribution in [0.15, 0.2) is 22.7 Å². The van der Waals surface area contributed by atoms with Crippen LogP contribution in [-0.2, 0) is 4.79 Å². The molecule has 90 valence electrons. The summed E-state index contributed by atoms with van der Waals surface area (Å²) in [6.07, 6.45) is 0.603. The molecule has 0 atom stereocenters. The Morgan fingerprint density at radius 3 is 2.76 bits per heavy atom. The maximum atomic E-state index is 11.1. The number of benzene rings is 1. The highest BCUT2D eigenvalue weighted by atomic mass is 79.9. The molecule has 1 aromatic carbocycles. The van der Waals surface area contributed by atoms with Gasteiger partial charge in [0, 0.05) is 4.47 Å². The van der Waals surface area contributed by atoms with Crippen molar-refractivity contribution in [3.05, 3.63) is 28.2 Å². The highest BCUT2D eigenvalue weighted by Gasteiger charge is 2.08. The second-order valence-electron chi connectivity index (χ2n) is 3.00. The molecule has 0 saturated carbocycles. The first-order chi connectivity index (χ1) is 8.02. The van der Waals surface area contributed by atoms with E-state index in [2.05, 4.69) is 15.9 Å². The van der Waals surface area contributed by atoms with Gasteiger partial charge in [-0.1, -0.05) is 15.9 Å². The van der Waals surface area contributed by atoms with Crippen LogP contribution in [-0.4, -0.2) is 24.8 Å². The average Bonchev–Trinajstić information content (AvgIpc) is 2.26. The Bertz CT molecular complexity index is 462. The minimum atomic E-state index is -0.954. The van der Waals surface area contributed by atoms with E-state index in [4.69, 9.17) is 10.5 Å². The van der Waals surface area contributed by atoms with Gasteiger partial charge in [-0.15, -0.1) is 0 Å². The summed E-state index contributed by atoms with van der Waals surface area (Å²) < 4.78 is 5.79. The van der Waals surface area contributed by atoms with E-state index in [9.17, 15) is 14.4 Å². The molecule has 0 saturated heterocycles. The lowest BCUT2D eigenvalue weighted by molar-refractivity contribution is -0.121. The molecule has 3 N–H and O–H groups in total. The number of hydrogen-bond donors (Lipinski definition) is 2. The lowest BCUT2D eigenvalue weighted by atomic mass is 10.2. The summed E-state index contributed by atoms with van der Waals surface area (Å²) in [5.41, 5.74) is 5.05. The van der Waals surface area contributed by atoms with Gasteiger partial charge in [-0.05, 0) is 18.2 Å². The Morgan fingerprint density at radius 2 is 2.18 bits per heavy atom. The van der Waals surface area contributed by atoms with Crippen LogP contribution in [0.3, 0.4) is 0 Å². The largest absolute Gasteiger partial charge is 0.483 e. The third-order valence-electron chi connectivity index (χ3n) is 1.72. The van der Waals surface area contributed by atoms with Gasteiger partial charge in [0.05, 0.1) is 5.56 Å². The number of carbonyl (C=O) groups excluding carboxylic acids is 3. The van der Waals surface area contributed by atoms with Crippen LogP contribution < -0.4 is 15.8 Å². The molecule has 0 bridgehead atoms. The molecule has 1 rings (SSSR count). The number of amides is 3. The second-order valence-corrected chi connectivity index (χ2v) is 3.92. The van der Waals surface area contributed by atoms with Crippen LogP contribution in [0, 0.1) is 0 Å². The van der Waals surface area contributed by atoms with Gasteiger partial charge in [-0.2, -0.15) is 0 Å². The number of ether oxygens (including phenoxy) is 1. The zero-order chi connectivity index (χ0) is 12.8. The topological polar surface area (TPSA) is 98.5 Å². The van der Waals surface area contributed by atoms with E-state index in [0.29, 0.717) is 16.3 Å².